The summed E-state index contributed by atoms with van der Waals surface area (Å²) in [7, 11) is 0. The Morgan fingerprint density at radius 1 is 1.08 bits per heavy atom. The van der Waals surface area contributed by atoms with Crippen LogP contribution < -0.4 is 10.2 Å². The normalized spacial score (nSPS) is 13.4. The lowest BCUT2D eigenvalue weighted by molar-refractivity contribution is 0.720. The predicted octanol–water partition coefficient (Wildman–Crippen LogP) is 4.74. The zero-order valence-corrected chi connectivity index (χ0v) is 14.8. The second kappa shape index (κ2) is 6.73. The molecule has 0 atom stereocenters. The van der Waals surface area contributed by atoms with Gasteiger partial charge in [-0.15, -0.1) is 0 Å². The molecule has 2 aromatic carbocycles. The van der Waals surface area contributed by atoms with Crippen LogP contribution >= 0.6 is 11.6 Å². The van der Waals surface area contributed by atoms with Crippen LogP contribution in [0.5, 0.6) is 0 Å². The zero-order valence-electron chi connectivity index (χ0n) is 14.0. The van der Waals surface area contributed by atoms with Crippen molar-refractivity contribution in [3.05, 3.63) is 76.4 Å². The largest absolute Gasteiger partial charge is 0.352 e. The molecule has 25 heavy (non-hydrogen) atoms. The van der Waals surface area contributed by atoms with Gasteiger partial charge in [-0.25, -0.2) is 4.98 Å². The van der Waals surface area contributed by atoms with Crippen LogP contribution in [0.2, 0.25) is 5.02 Å². The molecule has 1 aromatic heterocycles. The van der Waals surface area contributed by atoms with E-state index >= 15 is 0 Å². The highest BCUT2D eigenvalue weighted by Crippen LogP contribution is 2.25. The Bertz CT molecular complexity index is 910. The van der Waals surface area contributed by atoms with Gasteiger partial charge in [-0.3, -0.25) is 0 Å². The number of nitrogens with zero attached hydrogens (tertiary/aromatic N) is 3. The minimum atomic E-state index is 0.599. The lowest BCUT2D eigenvalue weighted by Gasteiger charge is -2.29. The van der Waals surface area contributed by atoms with Crippen molar-refractivity contribution in [1.29, 1.82) is 0 Å². The Kier molecular flexibility index (Phi) is 4.28. The van der Waals surface area contributed by atoms with E-state index in [4.69, 9.17) is 16.6 Å². The summed E-state index contributed by atoms with van der Waals surface area (Å²) in [6.45, 7) is 3.86. The molecule has 1 N–H and O–H groups in total. The van der Waals surface area contributed by atoms with E-state index < -0.39 is 0 Å². The number of aryl methyl sites for hydroxylation is 1. The molecular formula is C20H19ClN4. The minimum absolute atomic E-state index is 0.599. The molecule has 0 bridgehead atoms. The van der Waals surface area contributed by atoms with Gasteiger partial charge in [-0.05, 0) is 54.3 Å². The maximum atomic E-state index is 6.02. The molecule has 0 fully saturated rings. The van der Waals surface area contributed by atoms with Crippen molar-refractivity contribution in [2.24, 2.45) is 0 Å². The zero-order chi connectivity index (χ0) is 17.2. The summed E-state index contributed by atoms with van der Waals surface area (Å²) in [5.74, 6) is 1.54. The Labute approximate surface area is 152 Å². The maximum absolute atomic E-state index is 6.02. The van der Waals surface area contributed by atoms with Crippen LogP contribution in [-0.2, 0) is 13.0 Å². The number of hydrogen-bond donors (Lipinski definition) is 1. The molecule has 0 saturated carbocycles. The standard InChI is InChI=1S/C20H19ClN4/c1-14-12-17(21)6-7-18(14)23-20-22-10-8-19(24-20)25-11-9-15-4-2-3-5-16(15)13-25/h2-8,10,12H,9,11,13H2,1H3,(H,22,23,24). The second-order valence-electron chi connectivity index (χ2n) is 6.26. The van der Waals surface area contributed by atoms with Crippen molar-refractivity contribution in [3.8, 4) is 0 Å². The average molecular weight is 351 g/mol. The molecule has 0 amide bonds. The number of benzene rings is 2. The fourth-order valence-corrected chi connectivity index (χ4v) is 3.39. The molecule has 4 rings (SSSR count). The van der Waals surface area contributed by atoms with Gasteiger partial charge in [-0.2, -0.15) is 4.98 Å². The Morgan fingerprint density at radius 2 is 1.92 bits per heavy atom. The second-order valence-corrected chi connectivity index (χ2v) is 6.70. The number of hydrogen-bond acceptors (Lipinski definition) is 4. The fraction of sp³-hybridized carbons (Fsp3) is 0.200. The molecule has 1 aliphatic rings. The highest BCUT2D eigenvalue weighted by atomic mass is 35.5. The summed E-state index contributed by atoms with van der Waals surface area (Å²) in [6, 6.07) is 16.3. The van der Waals surface area contributed by atoms with Gasteiger partial charge >= 0.3 is 0 Å². The predicted molar refractivity (Wildman–Crippen MR) is 103 cm³/mol. The van der Waals surface area contributed by atoms with Crippen molar-refractivity contribution in [1.82, 2.24) is 9.97 Å². The van der Waals surface area contributed by atoms with Crippen LogP contribution in [-0.4, -0.2) is 16.5 Å². The molecule has 4 nitrogen and oxygen atoms in total. The minimum Gasteiger partial charge on any atom is -0.352 e. The molecule has 0 aliphatic carbocycles. The van der Waals surface area contributed by atoms with E-state index in [1.807, 2.05) is 31.2 Å². The number of rotatable bonds is 3. The van der Waals surface area contributed by atoms with E-state index in [9.17, 15) is 0 Å². The van der Waals surface area contributed by atoms with Crippen molar-refractivity contribution in [2.45, 2.75) is 19.9 Å². The number of aromatic nitrogens is 2. The first-order valence-electron chi connectivity index (χ1n) is 8.37. The Balaban J connectivity index is 1.56. The van der Waals surface area contributed by atoms with Gasteiger partial charge in [-0.1, -0.05) is 35.9 Å². The number of nitrogens with one attached hydrogen (secondary N) is 1. The lowest BCUT2D eigenvalue weighted by Crippen LogP contribution is -2.31. The molecule has 0 saturated heterocycles. The summed E-state index contributed by atoms with van der Waals surface area (Å²) >= 11 is 6.02. The molecule has 3 aromatic rings. The number of anilines is 3. The van der Waals surface area contributed by atoms with E-state index in [1.165, 1.54) is 11.1 Å². The smallest absolute Gasteiger partial charge is 0.229 e. The Morgan fingerprint density at radius 3 is 2.76 bits per heavy atom. The molecule has 0 radical (unpaired) electrons. The third-order valence-electron chi connectivity index (χ3n) is 4.53. The van der Waals surface area contributed by atoms with Crippen LogP contribution in [0.25, 0.3) is 0 Å². The molecule has 126 valence electrons. The van der Waals surface area contributed by atoms with Gasteiger partial charge < -0.3 is 10.2 Å². The summed E-state index contributed by atoms with van der Waals surface area (Å²) in [6.07, 6.45) is 2.84. The topological polar surface area (TPSA) is 41.1 Å². The average Bonchev–Trinajstić information content (AvgIpc) is 2.64. The lowest BCUT2D eigenvalue weighted by atomic mass is 10.00. The molecule has 0 unspecified atom stereocenters. The van der Waals surface area contributed by atoms with Crippen molar-refractivity contribution in [2.75, 3.05) is 16.8 Å². The van der Waals surface area contributed by atoms with Gasteiger partial charge in [0.25, 0.3) is 0 Å². The van der Waals surface area contributed by atoms with Crippen molar-refractivity contribution < 1.29 is 0 Å². The third-order valence-corrected chi connectivity index (χ3v) is 4.77. The van der Waals surface area contributed by atoms with Crippen LogP contribution in [0.1, 0.15) is 16.7 Å². The van der Waals surface area contributed by atoms with Crippen LogP contribution in [0.4, 0.5) is 17.5 Å². The highest BCUT2D eigenvalue weighted by Gasteiger charge is 2.17. The molecule has 2 heterocycles. The summed E-state index contributed by atoms with van der Waals surface area (Å²) in [4.78, 5) is 11.3. The third kappa shape index (κ3) is 3.44. The first-order chi connectivity index (χ1) is 12.2. The van der Waals surface area contributed by atoms with Gasteiger partial charge in [0, 0.05) is 30.0 Å². The summed E-state index contributed by atoms with van der Waals surface area (Å²) in [5.41, 5.74) is 4.83. The van der Waals surface area contributed by atoms with E-state index in [0.29, 0.717) is 5.95 Å². The SMILES string of the molecule is Cc1cc(Cl)ccc1Nc1nccc(N2CCc3ccccc3C2)n1. The number of fused-ring (bicyclic) bond motifs is 1. The van der Waals surface area contributed by atoms with Gasteiger partial charge in [0.05, 0.1) is 0 Å². The Hall–Kier alpha value is -2.59. The molecule has 0 spiro atoms. The van der Waals surface area contributed by atoms with Crippen LogP contribution in [0.15, 0.2) is 54.7 Å². The molecule has 5 heteroatoms. The molecular weight excluding hydrogens is 332 g/mol. The number of halogens is 1. The summed E-state index contributed by atoms with van der Waals surface area (Å²) in [5, 5.41) is 4.02. The quantitative estimate of drug-likeness (QED) is 0.740. The van der Waals surface area contributed by atoms with Gasteiger partial charge in [0.15, 0.2) is 0 Å². The van der Waals surface area contributed by atoms with Crippen LogP contribution in [0, 0.1) is 6.92 Å². The highest BCUT2D eigenvalue weighted by molar-refractivity contribution is 6.30. The van der Waals surface area contributed by atoms with E-state index in [-0.39, 0.29) is 0 Å². The van der Waals surface area contributed by atoms with Gasteiger partial charge in [0.2, 0.25) is 5.95 Å². The van der Waals surface area contributed by atoms with E-state index in [2.05, 4.69) is 39.5 Å². The van der Waals surface area contributed by atoms with Crippen molar-refractivity contribution >= 4 is 29.1 Å². The van der Waals surface area contributed by atoms with E-state index in [1.54, 1.807) is 6.20 Å². The van der Waals surface area contributed by atoms with Gasteiger partial charge in [0.1, 0.15) is 5.82 Å². The summed E-state index contributed by atoms with van der Waals surface area (Å²) < 4.78 is 0. The monoisotopic (exact) mass is 350 g/mol. The van der Waals surface area contributed by atoms with Crippen molar-refractivity contribution in [3.63, 3.8) is 0 Å². The van der Waals surface area contributed by atoms with E-state index in [0.717, 1.165) is 41.6 Å². The first-order valence-corrected chi connectivity index (χ1v) is 8.75. The first kappa shape index (κ1) is 15.9. The fourth-order valence-electron chi connectivity index (χ4n) is 3.16. The maximum Gasteiger partial charge on any atom is 0.229 e. The van der Waals surface area contributed by atoms with Crippen LogP contribution in [0.3, 0.4) is 0 Å². The molecule has 1 aliphatic heterocycles.